The van der Waals surface area contributed by atoms with Crippen molar-refractivity contribution < 1.29 is 9.52 Å². The number of nitrogens with zero attached hydrogens (tertiary/aromatic N) is 4. The predicted molar refractivity (Wildman–Crippen MR) is 293 cm³/mol. The van der Waals surface area contributed by atoms with Gasteiger partial charge in [0.05, 0.1) is 27.7 Å². The Labute approximate surface area is 410 Å². The molecule has 0 spiro atoms. The van der Waals surface area contributed by atoms with Crippen molar-refractivity contribution in [3.63, 3.8) is 0 Å². The number of phenols is 1. The number of furan rings is 1. The summed E-state index contributed by atoms with van der Waals surface area (Å²) in [7, 11) is -2.24. The third kappa shape index (κ3) is 8.64. The highest BCUT2D eigenvalue weighted by molar-refractivity contribution is 7.00. The molecule has 0 radical (unpaired) electrons. The summed E-state index contributed by atoms with van der Waals surface area (Å²) in [6.45, 7) is 33.6. The molecule has 0 aliphatic rings. The number of benzene rings is 6. The molecule has 0 atom stereocenters. The molecule has 6 nitrogen and oxygen atoms in total. The highest BCUT2D eigenvalue weighted by atomic mass is 28.3. The molecule has 0 amide bonds. The topological polar surface area (TPSA) is 77.0 Å². The normalized spacial score (nSPS) is 12.9. The summed E-state index contributed by atoms with van der Waals surface area (Å²) in [6.07, 6.45) is 1.68. The Morgan fingerprint density at radius 1 is 0.536 bits per heavy atom. The third-order valence-corrected chi connectivity index (χ3v) is 17.4. The van der Waals surface area contributed by atoms with E-state index in [1.165, 1.54) is 10.8 Å². The second kappa shape index (κ2) is 16.8. The summed E-state index contributed by atoms with van der Waals surface area (Å²) in [4.78, 5) is 15.6. The number of aromatic hydroxyl groups is 1. The van der Waals surface area contributed by atoms with Crippen LogP contribution in [0.2, 0.25) is 13.1 Å². The van der Waals surface area contributed by atoms with Gasteiger partial charge in [-0.15, -0.1) is 0 Å². The Morgan fingerprint density at radius 3 is 1.78 bits per heavy atom. The maximum Gasteiger partial charge on any atom is 0.178 e. The summed E-state index contributed by atoms with van der Waals surface area (Å²) in [5.74, 6) is 0.929. The van der Waals surface area contributed by atoms with Gasteiger partial charge in [-0.1, -0.05) is 192 Å². The molecule has 1 N–H and O–H groups in total. The number of hydrogen-bond acceptors (Lipinski definition) is 5. The van der Waals surface area contributed by atoms with Crippen LogP contribution < -0.4 is 10.6 Å². The van der Waals surface area contributed by atoms with Crippen LogP contribution in [0.1, 0.15) is 111 Å². The lowest BCUT2D eigenvalue weighted by Crippen LogP contribution is -2.53. The first-order chi connectivity index (χ1) is 32.3. The molecule has 69 heavy (non-hydrogen) atoms. The fourth-order valence-electron chi connectivity index (χ4n) is 9.78. The Hall–Kier alpha value is -6.57. The van der Waals surface area contributed by atoms with Gasteiger partial charge < -0.3 is 9.52 Å². The molecule has 7 heteroatoms. The molecular formula is C62H68N4O2Si. The fraction of sp³-hybridized carbons (Fsp3) is 0.306. The van der Waals surface area contributed by atoms with E-state index >= 15 is 0 Å². The van der Waals surface area contributed by atoms with Crippen molar-refractivity contribution in [2.75, 3.05) is 0 Å². The van der Waals surface area contributed by atoms with Crippen LogP contribution in [0.25, 0.3) is 72.7 Å². The van der Waals surface area contributed by atoms with E-state index in [0.717, 1.165) is 83.4 Å². The smallest absolute Gasteiger partial charge is 0.178 e. The largest absolute Gasteiger partial charge is 0.507 e. The van der Waals surface area contributed by atoms with Crippen molar-refractivity contribution in [2.24, 2.45) is 0 Å². The number of fused-ring (bicyclic) bond motifs is 2. The fourth-order valence-corrected chi connectivity index (χ4v) is 12.5. The quantitative estimate of drug-likeness (QED) is 0.161. The zero-order valence-electron chi connectivity index (χ0n) is 43.3. The summed E-state index contributed by atoms with van der Waals surface area (Å²) in [5.41, 5.74) is 15.6. The van der Waals surface area contributed by atoms with E-state index in [-0.39, 0.29) is 27.4 Å². The van der Waals surface area contributed by atoms with Crippen LogP contribution in [0, 0.1) is 6.92 Å². The molecule has 0 unspecified atom stereocenters. The van der Waals surface area contributed by atoms with Crippen LogP contribution in [0.4, 0.5) is 0 Å². The zero-order chi connectivity index (χ0) is 49.6. The lowest BCUT2D eigenvalue weighted by molar-refractivity contribution is 0.446. The van der Waals surface area contributed by atoms with Crippen molar-refractivity contribution in [3.05, 3.63) is 162 Å². The Balaban J connectivity index is 1.36. The van der Waals surface area contributed by atoms with Gasteiger partial charge in [-0.3, -0.25) is 4.57 Å². The molecule has 0 saturated carbocycles. The van der Waals surface area contributed by atoms with Gasteiger partial charge in [0.2, 0.25) is 0 Å². The van der Waals surface area contributed by atoms with E-state index in [2.05, 4.69) is 235 Å². The molecule has 0 bridgehead atoms. The average Bonchev–Trinajstić information content (AvgIpc) is 3.86. The molecular weight excluding hydrogens is 861 g/mol. The first kappa shape index (κ1) is 47.5. The maximum atomic E-state index is 12.6. The number of phenolic OH excluding ortho intramolecular Hbond substituents is 1. The Bertz CT molecular complexity index is 3410. The highest BCUT2D eigenvalue weighted by Crippen LogP contribution is 2.46. The molecule has 9 rings (SSSR count). The van der Waals surface area contributed by atoms with E-state index < -0.39 is 8.07 Å². The van der Waals surface area contributed by atoms with Crippen LogP contribution in [0.5, 0.6) is 5.75 Å². The maximum absolute atomic E-state index is 12.6. The number of rotatable bonds is 7. The molecule has 352 valence electrons. The van der Waals surface area contributed by atoms with Gasteiger partial charge in [-0.2, -0.15) is 0 Å². The van der Waals surface area contributed by atoms with E-state index in [4.69, 9.17) is 19.4 Å². The van der Waals surface area contributed by atoms with Crippen molar-refractivity contribution >= 4 is 40.8 Å². The zero-order valence-corrected chi connectivity index (χ0v) is 44.3. The molecule has 0 aliphatic carbocycles. The molecule has 3 aromatic heterocycles. The number of para-hydroxylation sites is 1. The first-order valence-corrected chi connectivity index (χ1v) is 27.4. The van der Waals surface area contributed by atoms with E-state index in [1.54, 1.807) is 6.33 Å². The third-order valence-electron chi connectivity index (χ3n) is 14.0. The average molecular weight is 929 g/mol. The van der Waals surface area contributed by atoms with Gasteiger partial charge >= 0.3 is 0 Å². The molecule has 6 aromatic carbocycles. The van der Waals surface area contributed by atoms with Crippen LogP contribution in [0.3, 0.4) is 0 Å². The number of hydrogen-bond donors (Lipinski definition) is 1. The molecule has 0 aliphatic heterocycles. The number of aryl methyl sites for hydroxylation is 1. The van der Waals surface area contributed by atoms with E-state index in [0.29, 0.717) is 17.0 Å². The Kier molecular flexibility index (Phi) is 11.6. The molecule has 3 heterocycles. The van der Waals surface area contributed by atoms with Gasteiger partial charge in [0.1, 0.15) is 29.1 Å². The van der Waals surface area contributed by atoms with Crippen LogP contribution in [-0.4, -0.2) is 32.7 Å². The Morgan fingerprint density at radius 2 is 1.14 bits per heavy atom. The van der Waals surface area contributed by atoms with Gasteiger partial charge in [0, 0.05) is 27.8 Å². The minimum Gasteiger partial charge on any atom is -0.507 e. The van der Waals surface area contributed by atoms with Gasteiger partial charge in [-0.25, -0.2) is 15.0 Å². The standard InChI is InChI=1S/C62H68N4O2Si/c1-38-52-56(68-58(38)69(14,15)45-25-20-17-21-26-45)53(64-37-63-52)41-31-40(32-43(33-41)60(5,6)7)46-27-22-28-51-54(46)65-57(48-35-44(61(8,9)10)36-49(55(48)67)62(11,12)13)66(51)50-30-29-42(59(2,3)4)34-47(50)39-23-18-16-19-24-39/h16-37,67H,1-15H3. The SMILES string of the molecule is Cc1c([Si](C)(C)c2ccccc2)oc2c(-c3cc(-c4cccc5c4nc(-c4cc(C(C)(C)C)cc(C(C)(C)C)c4O)n5-c4ccc(C(C)(C)C)cc4-c4ccccc4)cc(C(C)(C)C)c3)ncnc12. The van der Waals surface area contributed by atoms with Crippen molar-refractivity contribution in [3.8, 4) is 56.3 Å². The highest BCUT2D eigenvalue weighted by Gasteiger charge is 2.35. The van der Waals surface area contributed by atoms with Crippen LogP contribution in [0.15, 0.2) is 138 Å². The summed E-state index contributed by atoms with van der Waals surface area (Å²) < 4.78 is 9.30. The van der Waals surface area contributed by atoms with E-state index in [1.807, 2.05) is 0 Å². The summed E-state index contributed by atoms with van der Waals surface area (Å²) in [6, 6.07) is 45.8. The first-order valence-electron chi connectivity index (χ1n) is 24.4. The van der Waals surface area contributed by atoms with E-state index in [9.17, 15) is 5.11 Å². The lowest BCUT2D eigenvalue weighted by atomic mass is 9.79. The summed E-state index contributed by atoms with van der Waals surface area (Å²) >= 11 is 0. The van der Waals surface area contributed by atoms with Crippen LogP contribution >= 0.6 is 0 Å². The second-order valence-corrected chi connectivity index (χ2v) is 28.0. The van der Waals surface area contributed by atoms with Crippen molar-refractivity contribution in [1.82, 2.24) is 19.5 Å². The lowest BCUT2D eigenvalue weighted by Gasteiger charge is -2.28. The van der Waals surface area contributed by atoms with Crippen molar-refractivity contribution in [1.29, 1.82) is 0 Å². The van der Waals surface area contributed by atoms with Gasteiger partial charge in [0.15, 0.2) is 13.7 Å². The molecule has 0 saturated heterocycles. The van der Waals surface area contributed by atoms with Gasteiger partial charge in [-0.05, 0) is 92.8 Å². The number of aromatic nitrogens is 4. The second-order valence-electron chi connectivity index (χ2n) is 23.7. The molecule has 0 fully saturated rings. The van der Waals surface area contributed by atoms with Crippen LogP contribution in [-0.2, 0) is 21.7 Å². The number of imidazole rings is 1. The van der Waals surface area contributed by atoms with Gasteiger partial charge in [0.25, 0.3) is 0 Å². The predicted octanol–water partition coefficient (Wildman–Crippen LogP) is 15.3. The van der Waals surface area contributed by atoms with Crippen molar-refractivity contribution in [2.45, 2.75) is 125 Å². The minimum absolute atomic E-state index is 0.0864. The minimum atomic E-state index is -2.24. The molecule has 9 aromatic rings. The monoisotopic (exact) mass is 929 g/mol. The summed E-state index contributed by atoms with van der Waals surface area (Å²) in [5, 5.41) is 14.9.